The SMILES string of the molecule is CCc1cc2c(cc1N1CCC(N3CCOCC3)CC1)C(C)(C)c1c(c3ccc(C#N)cc3n1O)C2=O. The number of benzene rings is 2. The van der Waals surface area contributed by atoms with E-state index in [-0.39, 0.29) is 5.78 Å². The van der Waals surface area contributed by atoms with Crippen molar-refractivity contribution in [2.75, 3.05) is 44.3 Å². The standard InChI is InChI=1S/C30H34N4O3/c1-4-20-16-23-24(17-25(20)33-9-7-21(8-10-33)32-11-13-37-14-12-32)30(2,3)29-27(28(23)35)22-6-5-19(18-31)15-26(22)34(29)36/h5-6,15-17,21,36H,4,7-14H2,1-3H3. The molecule has 192 valence electrons. The molecule has 0 saturated carbocycles. The number of carbonyl (C=O) groups is 1. The molecule has 2 fully saturated rings. The number of ketones is 1. The Balaban J connectivity index is 1.40. The fourth-order valence-electron chi connectivity index (χ4n) is 6.74. The molecule has 0 unspecified atom stereocenters. The molecular formula is C30H34N4O3. The number of carbonyl (C=O) groups excluding carboxylic acids is 1. The van der Waals surface area contributed by atoms with Gasteiger partial charge in [0.15, 0.2) is 5.78 Å². The molecule has 3 aromatic rings. The van der Waals surface area contributed by atoms with Crippen LogP contribution in [-0.2, 0) is 16.6 Å². The zero-order chi connectivity index (χ0) is 25.9. The summed E-state index contributed by atoms with van der Waals surface area (Å²) < 4.78 is 6.68. The van der Waals surface area contributed by atoms with Gasteiger partial charge in [-0.25, -0.2) is 0 Å². The molecule has 1 aromatic heterocycles. The van der Waals surface area contributed by atoms with Crippen LogP contribution in [0.15, 0.2) is 30.3 Å². The fraction of sp³-hybridized carbons (Fsp3) is 0.467. The number of fused-ring (bicyclic) bond motifs is 4. The van der Waals surface area contributed by atoms with E-state index in [1.54, 1.807) is 18.2 Å². The summed E-state index contributed by atoms with van der Waals surface area (Å²) in [5, 5.41) is 21.3. The van der Waals surface area contributed by atoms with Crippen LogP contribution in [-0.4, -0.2) is 66.1 Å². The Morgan fingerprint density at radius 3 is 2.51 bits per heavy atom. The third-order valence-electron chi connectivity index (χ3n) is 8.78. The average Bonchev–Trinajstić information content (AvgIpc) is 3.24. The summed E-state index contributed by atoms with van der Waals surface area (Å²) >= 11 is 0. The predicted octanol–water partition coefficient (Wildman–Crippen LogP) is 4.48. The number of morpholine rings is 1. The number of hydrogen-bond donors (Lipinski definition) is 1. The summed E-state index contributed by atoms with van der Waals surface area (Å²) in [6, 6.07) is 12.2. The highest BCUT2D eigenvalue weighted by molar-refractivity contribution is 6.20. The first-order valence-electron chi connectivity index (χ1n) is 13.4. The number of rotatable bonds is 3. The van der Waals surface area contributed by atoms with Gasteiger partial charge < -0.3 is 14.8 Å². The quantitative estimate of drug-likeness (QED) is 0.536. The number of aryl methyl sites for hydroxylation is 1. The van der Waals surface area contributed by atoms with E-state index in [0.29, 0.717) is 33.8 Å². The van der Waals surface area contributed by atoms with E-state index in [0.717, 1.165) is 74.5 Å². The molecular weight excluding hydrogens is 464 g/mol. The first kappa shape index (κ1) is 24.0. The molecule has 2 aromatic carbocycles. The van der Waals surface area contributed by atoms with Gasteiger partial charge in [0.2, 0.25) is 0 Å². The summed E-state index contributed by atoms with van der Waals surface area (Å²) in [5.74, 6) is -0.0564. The van der Waals surface area contributed by atoms with Crippen LogP contribution in [0, 0.1) is 11.3 Å². The van der Waals surface area contributed by atoms with Gasteiger partial charge in [-0.3, -0.25) is 9.69 Å². The Morgan fingerprint density at radius 1 is 1.11 bits per heavy atom. The van der Waals surface area contributed by atoms with E-state index >= 15 is 0 Å². The first-order chi connectivity index (χ1) is 17.8. The van der Waals surface area contributed by atoms with Crippen LogP contribution in [0.4, 0.5) is 5.69 Å². The monoisotopic (exact) mass is 498 g/mol. The van der Waals surface area contributed by atoms with Crippen molar-refractivity contribution in [3.05, 3.63) is 63.8 Å². The summed E-state index contributed by atoms with van der Waals surface area (Å²) in [4.78, 5) is 19.0. The van der Waals surface area contributed by atoms with Gasteiger partial charge in [-0.15, -0.1) is 0 Å². The van der Waals surface area contributed by atoms with Crippen molar-refractivity contribution in [3.63, 3.8) is 0 Å². The summed E-state index contributed by atoms with van der Waals surface area (Å²) in [7, 11) is 0. The largest absolute Gasteiger partial charge is 0.428 e. The zero-order valence-electron chi connectivity index (χ0n) is 21.9. The molecule has 7 nitrogen and oxygen atoms in total. The lowest BCUT2D eigenvalue weighted by atomic mass is 9.70. The van der Waals surface area contributed by atoms with Crippen LogP contribution in [0.1, 0.15) is 71.9 Å². The first-order valence-corrected chi connectivity index (χ1v) is 13.4. The van der Waals surface area contributed by atoms with Crippen molar-refractivity contribution in [2.24, 2.45) is 0 Å². The van der Waals surface area contributed by atoms with Gasteiger partial charge in [0.25, 0.3) is 0 Å². The number of aromatic nitrogens is 1. The van der Waals surface area contributed by atoms with Gasteiger partial charge in [-0.2, -0.15) is 9.99 Å². The van der Waals surface area contributed by atoms with Gasteiger partial charge in [-0.1, -0.05) is 26.8 Å². The van der Waals surface area contributed by atoms with Crippen molar-refractivity contribution in [3.8, 4) is 6.07 Å². The van der Waals surface area contributed by atoms with Crippen LogP contribution in [0.3, 0.4) is 0 Å². The maximum atomic E-state index is 13.9. The maximum absolute atomic E-state index is 13.9. The smallest absolute Gasteiger partial charge is 0.195 e. The van der Waals surface area contributed by atoms with Crippen molar-refractivity contribution in [1.82, 2.24) is 9.63 Å². The second-order valence-electron chi connectivity index (χ2n) is 11.1. The van der Waals surface area contributed by atoms with Gasteiger partial charge >= 0.3 is 0 Å². The third kappa shape index (κ3) is 3.65. The van der Waals surface area contributed by atoms with E-state index in [1.807, 2.05) is 0 Å². The molecule has 0 atom stereocenters. The minimum absolute atomic E-state index is 0.0564. The van der Waals surface area contributed by atoms with Crippen LogP contribution in [0.2, 0.25) is 0 Å². The molecule has 1 aliphatic carbocycles. The number of piperidine rings is 1. The summed E-state index contributed by atoms with van der Waals surface area (Å²) in [5.41, 5.74) is 5.57. The van der Waals surface area contributed by atoms with Crippen LogP contribution in [0.5, 0.6) is 0 Å². The second kappa shape index (κ2) is 8.90. The van der Waals surface area contributed by atoms with E-state index in [9.17, 15) is 15.3 Å². The summed E-state index contributed by atoms with van der Waals surface area (Å²) in [6.45, 7) is 12.0. The topological polar surface area (TPSA) is 81.7 Å². The second-order valence-corrected chi connectivity index (χ2v) is 11.1. The van der Waals surface area contributed by atoms with E-state index in [2.05, 4.69) is 48.8 Å². The highest BCUT2D eigenvalue weighted by atomic mass is 16.5. The molecule has 3 heterocycles. The van der Waals surface area contributed by atoms with E-state index < -0.39 is 5.41 Å². The average molecular weight is 499 g/mol. The molecule has 2 saturated heterocycles. The molecule has 1 N–H and O–H groups in total. The molecule has 37 heavy (non-hydrogen) atoms. The van der Waals surface area contributed by atoms with Gasteiger partial charge in [0.1, 0.15) is 0 Å². The fourth-order valence-corrected chi connectivity index (χ4v) is 6.74. The highest BCUT2D eigenvalue weighted by Crippen LogP contribution is 2.47. The van der Waals surface area contributed by atoms with E-state index in [4.69, 9.17) is 4.74 Å². The predicted molar refractivity (Wildman–Crippen MR) is 143 cm³/mol. The Kier molecular flexibility index (Phi) is 5.78. The Labute approximate surface area is 217 Å². The molecule has 7 heteroatoms. The highest BCUT2D eigenvalue weighted by Gasteiger charge is 2.43. The summed E-state index contributed by atoms with van der Waals surface area (Å²) in [6.07, 6.45) is 3.09. The maximum Gasteiger partial charge on any atom is 0.195 e. The zero-order valence-corrected chi connectivity index (χ0v) is 21.9. The van der Waals surface area contributed by atoms with E-state index in [1.165, 1.54) is 11.3 Å². The van der Waals surface area contributed by atoms with Crippen molar-refractivity contribution in [2.45, 2.75) is 51.5 Å². The van der Waals surface area contributed by atoms with Crippen LogP contribution < -0.4 is 4.90 Å². The molecule has 6 rings (SSSR count). The van der Waals surface area contributed by atoms with Crippen molar-refractivity contribution < 1.29 is 14.7 Å². The van der Waals surface area contributed by atoms with Gasteiger partial charge in [-0.05, 0) is 54.7 Å². The third-order valence-corrected chi connectivity index (χ3v) is 8.78. The Morgan fingerprint density at radius 2 is 1.84 bits per heavy atom. The number of nitrogens with zero attached hydrogens (tertiary/aromatic N) is 4. The molecule has 0 amide bonds. The van der Waals surface area contributed by atoms with Gasteiger partial charge in [0, 0.05) is 54.3 Å². The van der Waals surface area contributed by atoms with Crippen molar-refractivity contribution in [1.29, 1.82) is 5.26 Å². The number of nitriles is 1. The molecule has 0 bridgehead atoms. The molecule has 2 aliphatic heterocycles. The lowest BCUT2D eigenvalue weighted by molar-refractivity contribution is 0.0115. The lowest BCUT2D eigenvalue weighted by Crippen LogP contribution is -2.49. The lowest BCUT2D eigenvalue weighted by Gasteiger charge is -2.42. The normalized spacial score (nSPS) is 20.1. The van der Waals surface area contributed by atoms with Crippen LogP contribution in [0.25, 0.3) is 10.9 Å². The minimum Gasteiger partial charge on any atom is -0.428 e. The number of anilines is 1. The van der Waals surface area contributed by atoms with Crippen LogP contribution >= 0.6 is 0 Å². The minimum atomic E-state index is -0.591. The molecule has 0 radical (unpaired) electrons. The van der Waals surface area contributed by atoms with Gasteiger partial charge in [0.05, 0.1) is 41.6 Å². The Bertz CT molecular complexity index is 1430. The molecule has 3 aliphatic rings. The molecule has 0 spiro atoms. The Hall–Kier alpha value is -3.34. The number of ether oxygens (including phenoxy) is 1. The number of hydrogen-bond acceptors (Lipinski definition) is 6. The van der Waals surface area contributed by atoms with Crippen molar-refractivity contribution >= 4 is 22.4 Å².